The van der Waals surface area contributed by atoms with E-state index in [0.717, 1.165) is 23.1 Å². The molecule has 0 atom stereocenters. The maximum Gasteiger partial charge on any atom is 0.137 e. The predicted octanol–water partition coefficient (Wildman–Crippen LogP) is 2.39. The van der Waals surface area contributed by atoms with Crippen LogP contribution in [0.25, 0.3) is 11.0 Å². The minimum Gasteiger partial charge on any atom is -0.507 e. The summed E-state index contributed by atoms with van der Waals surface area (Å²) in [5.41, 5.74) is 1.79. The van der Waals surface area contributed by atoms with Gasteiger partial charge in [0.1, 0.15) is 11.3 Å². The zero-order valence-corrected chi connectivity index (χ0v) is 8.36. The molecule has 0 bridgehead atoms. The van der Waals surface area contributed by atoms with E-state index < -0.39 is 0 Å². The molecular formula is C12H13NO2. The van der Waals surface area contributed by atoms with Crippen LogP contribution in [-0.2, 0) is 6.54 Å². The van der Waals surface area contributed by atoms with Crippen molar-refractivity contribution in [1.29, 1.82) is 0 Å². The molecule has 0 spiro atoms. The Bertz CT molecular complexity index is 485. The molecule has 3 heteroatoms. The van der Waals surface area contributed by atoms with Crippen molar-refractivity contribution < 1.29 is 9.52 Å². The van der Waals surface area contributed by atoms with Crippen LogP contribution in [0.2, 0.25) is 0 Å². The van der Waals surface area contributed by atoms with Crippen molar-refractivity contribution in [2.24, 2.45) is 0 Å². The second-order valence-corrected chi connectivity index (χ2v) is 4.07. The first-order chi connectivity index (χ1) is 7.34. The van der Waals surface area contributed by atoms with E-state index in [4.69, 9.17) is 4.42 Å². The van der Waals surface area contributed by atoms with Gasteiger partial charge < -0.3 is 14.8 Å². The number of benzene rings is 1. The van der Waals surface area contributed by atoms with E-state index in [1.54, 1.807) is 18.4 Å². The average Bonchev–Trinajstić information content (AvgIpc) is 2.96. The minimum absolute atomic E-state index is 0.300. The maximum atomic E-state index is 9.73. The zero-order valence-electron chi connectivity index (χ0n) is 8.36. The molecule has 1 saturated carbocycles. The minimum atomic E-state index is 0.300. The van der Waals surface area contributed by atoms with E-state index >= 15 is 0 Å². The predicted molar refractivity (Wildman–Crippen MR) is 57.7 cm³/mol. The summed E-state index contributed by atoms with van der Waals surface area (Å²) in [6, 6.07) is 6.02. The Morgan fingerprint density at radius 1 is 1.40 bits per heavy atom. The van der Waals surface area contributed by atoms with Gasteiger partial charge in [-0.1, -0.05) is 6.07 Å². The van der Waals surface area contributed by atoms with Crippen LogP contribution in [-0.4, -0.2) is 11.1 Å². The van der Waals surface area contributed by atoms with E-state index in [1.165, 1.54) is 12.8 Å². The molecule has 2 aromatic rings. The lowest BCUT2D eigenvalue weighted by Gasteiger charge is -2.01. The molecule has 0 unspecified atom stereocenters. The molecule has 1 aliphatic rings. The quantitative estimate of drug-likeness (QED) is 0.805. The molecule has 1 aromatic heterocycles. The van der Waals surface area contributed by atoms with E-state index in [9.17, 15) is 5.11 Å². The summed E-state index contributed by atoms with van der Waals surface area (Å²) in [6.07, 6.45) is 4.25. The number of aromatic hydroxyl groups is 1. The number of nitrogens with one attached hydrogen (secondary N) is 1. The Morgan fingerprint density at radius 3 is 3.07 bits per heavy atom. The second-order valence-electron chi connectivity index (χ2n) is 4.07. The van der Waals surface area contributed by atoms with Gasteiger partial charge in [0.2, 0.25) is 0 Å². The van der Waals surface area contributed by atoms with Crippen LogP contribution >= 0.6 is 0 Å². The fraction of sp³-hybridized carbons (Fsp3) is 0.333. The summed E-state index contributed by atoms with van der Waals surface area (Å²) in [6.45, 7) is 0.773. The molecule has 3 rings (SSSR count). The van der Waals surface area contributed by atoms with Crippen LogP contribution in [0.4, 0.5) is 0 Å². The number of furan rings is 1. The van der Waals surface area contributed by atoms with Gasteiger partial charge in [0.15, 0.2) is 0 Å². The van der Waals surface area contributed by atoms with Gasteiger partial charge in [-0.15, -0.1) is 0 Å². The van der Waals surface area contributed by atoms with Crippen molar-refractivity contribution in [3.05, 3.63) is 30.0 Å². The molecular weight excluding hydrogens is 190 g/mol. The van der Waals surface area contributed by atoms with Gasteiger partial charge in [-0.2, -0.15) is 0 Å². The molecule has 0 aliphatic heterocycles. The van der Waals surface area contributed by atoms with E-state index in [2.05, 4.69) is 5.32 Å². The Hall–Kier alpha value is -1.48. The topological polar surface area (TPSA) is 45.4 Å². The summed E-state index contributed by atoms with van der Waals surface area (Å²) in [4.78, 5) is 0. The second kappa shape index (κ2) is 3.28. The molecule has 78 valence electrons. The monoisotopic (exact) mass is 203 g/mol. The standard InChI is InChI=1S/C12H13NO2/c14-10-2-1-3-11-12(10)8(7-15-11)6-13-9-4-5-9/h1-3,7,9,13-14H,4-6H2. The summed E-state index contributed by atoms with van der Waals surface area (Å²) in [5.74, 6) is 0.300. The largest absolute Gasteiger partial charge is 0.507 e. The Balaban J connectivity index is 1.94. The van der Waals surface area contributed by atoms with Crippen LogP contribution < -0.4 is 5.32 Å². The number of rotatable bonds is 3. The highest BCUT2D eigenvalue weighted by molar-refractivity contribution is 5.87. The first-order valence-corrected chi connectivity index (χ1v) is 5.26. The molecule has 1 aliphatic carbocycles. The van der Waals surface area contributed by atoms with Crippen molar-refractivity contribution in [2.45, 2.75) is 25.4 Å². The van der Waals surface area contributed by atoms with Crippen molar-refractivity contribution in [3.8, 4) is 5.75 Å². The summed E-state index contributed by atoms with van der Waals surface area (Å²) in [5, 5.41) is 14.0. The third kappa shape index (κ3) is 1.59. The summed E-state index contributed by atoms with van der Waals surface area (Å²) < 4.78 is 5.38. The zero-order chi connectivity index (χ0) is 10.3. The third-order valence-corrected chi connectivity index (χ3v) is 2.81. The Morgan fingerprint density at radius 2 is 2.27 bits per heavy atom. The number of hydrogen-bond acceptors (Lipinski definition) is 3. The SMILES string of the molecule is Oc1cccc2occ(CNC3CC3)c12. The molecule has 0 radical (unpaired) electrons. The van der Waals surface area contributed by atoms with Gasteiger partial charge in [0, 0.05) is 18.2 Å². The average molecular weight is 203 g/mol. The summed E-state index contributed by atoms with van der Waals surface area (Å²) in [7, 11) is 0. The number of hydrogen-bond donors (Lipinski definition) is 2. The lowest BCUT2D eigenvalue weighted by atomic mass is 10.1. The third-order valence-electron chi connectivity index (χ3n) is 2.81. The molecule has 0 saturated heterocycles. The number of fused-ring (bicyclic) bond motifs is 1. The Kier molecular flexibility index (Phi) is 1.92. The highest BCUT2D eigenvalue weighted by atomic mass is 16.3. The molecule has 1 fully saturated rings. The van der Waals surface area contributed by atoms with Crippen LogP contribution in [0.3, 0.4) is 0 Å². The van der Waals surface area contributed by atoms with E-state index in [-0.39, 0.29) is 0 Å². The molecule has 0 amide bonds. The molecule has 1 heterocycles. The fourth-order valence-electron chi connectivity index (χ4n) is 1.81. The first-order valence-electron chi connectivity index (χ1n) is 5.26. The Labute approximate surface area is 87.7 Å². The highest BCUT2D eigenvalue weighted by Crippen LogP contribution is 2.30. The molecule has 2 N–H and O–H groups in total. The van der Waals surface area contributed by atoms with Gasteiger partial charge in [0.25, 0.3) is 0 Å². The van der Waals surface area contributed by atoms with Gasteiger partial charge >= 0.3 is 0 Å². The lowest BCUT2D eigenvalue weighted by Crippen LogP contribution is -2.14. The normalized spacial score (nSPS) is 16.0. The van der Waals surface area contributed by atoms with Gasteiger partial charge in [-0.05, 0) is 25.0 Å². The summed E-state index contributed by atoms with van der Waals surface area (Å²) >= 11 is 0. The highest BCUT2D eigenvalue weighted by Gasteiger charge is 2.21. The van der Waals surface area contributed by atoms with Crippen LogP contribution in [0.5, 0.6) is 5.75 Å². The lowest BCUT2D eigenvalue weighted by molar-refractivity contribution is 0.481. The molecule has 3 nitrogen and oxygen atoms in total. The molecule has 15 heavy (non-hydrogen) atoms. The maximum absolute atomic E-state index is 9.73. The molecule has 1 aromatic carbocycles. The van der Waals surface area contributed by atoms with Crippen molar-refractivity contribution in [3.63, 3.8) is 0 Å². The van der Waals surface area contributed by atoms with Crippen molar-refractivity contribution in [2.75, 3.05) is 0 Å². The van der Waals surface area contributed by atoms with Gasteiger partial charge in [-0.25, -0.2) is 0 Å². The van der Waals surface area contributed by atoms with Crippen molar-refractivity contribution in [1.82, 2.24) is 5.32 Å². The van der Waals surface area contributed by atoms with Gasteiger partial charge in [-0.3, -0.25) is 0 Å². The first kappa shape index (κ1) is 8.80. The fourth-order valence-corrected chi connectivity index (χ4v) is 1.81. The number of phenols is 1. The number of phenolic OH excluding ortho intramolecular Hbond substituents is 1. The van der Waals surface area contributed by atoms with Gasteiger partial charge in [0.05, 0.1) is 11.6 Å². The van der Waals surface area contributed by atoms with Crippen LogP contribution in [0.1, 0.15) is 18.4 Å². The van der Waals surface area contributed by atoms with Crippen LogP contribution in [0.15, 0.2) is 28.9 Å². The van der Waals surface area contributed by atoms with Crippen LogP contribution in [0, 0.1) is 0 Å². The van der Waals surface area contributed by atoms with E-state index in [0.29, 0.717) is 11.8 Å². The van der Waals surface area contributed by atoms with E-state index in [1.807, 2.05) is 6.07 Å². The smallest absolute Gasteiger partial charge is 0.137 e. The van der Waals surface area contributed by atoms with Crippen molar-refractivity contribution >= 4 is 11.0 Å².